The Morgan fingerprint density at radius 3 is 2.52 bits per heavy atom. The van der Waals surface area contributed by atoms with Gasteiger partial charge in [-0.15, -0.1) is 0 Å². The van der Waals surface area contributed by atoms with E-state index in [9.17, 15) is 9.00 Å². The monoisotopic (exact) mass is 351 g/mol. The molecule has 5 nitrogen and oxygen atoms in total. The SMILES string of the molecule is Cc1ccc(-n2nc3c(c2NC(=O)c2ccccc2)C[S@](=O)C3)cc1. The summed E-state index contributed by atoms with van der Waals surface area (Å²) in [6, 6.07) is 17.0. The number of rotatable bonds is 3. The zero-order valence-electron chi connectivity index (χ0n) is 13.7. The Labute approximate surface area is 148 Å². The maximum atomic E-state index is 12.6. The summed E-state index contributed by atoms with van der Waals surface area (Å²) in [5.74, 6) is 1.27. The van der Waals surface area contributed by atoms with E-state index in [0.29, 0.717) is 22.9 Å². The molecule has 0 fully saturated rings. The number of carbonyl (C=O) groups is 1. The number of benzene rings is 2. The maximum Gasteiger partial charge on any atom is 0.256 e. The third-order valence-corrected chi connectivity index (χ3v) is 5.42. The molecule has 1 amide bonds. The van der Waals surface area contributed by atoms with Gasteiger partial charge in [0.15, 0.2) is 0 Å². The standard InChI is InChI=1S/C19H17N3O2S/c1-13-7-9-15(10-8-13)22-18(16-11-25(24)12-17(16)21-22)20-19(23)14-5-3-2-4-6-14/h2-10H,11-12H2,1H3,(H,20,23)/t25-/m0/s1. The number of nitrogens with zero attached hydrogens (tertiary/aromatic N) is 2. The van der Waals surface area contributed by atoms with Crippen LogP contribution < -0.4 is 5.32 Å². The van der Waals surface area contributed by atoms with Crippen LogP contribution in [0.2, 0.25) is 0 Å². The van der Waals surface area contributed by atoms with Crippen LogP contribution in [0.3, 0.4) is 0 Å². The fraction of sp³-hybridized carbons (Fsp3) is 0.158. The molecule has 1 N–H and O–H groups in total. The number of amides is 1. The van der Waals surface area contributed by atoms with Gasteiger partial charge in [-0.3, -0.25) is 9.00 Å². The molecule has 0 unspecified atom stereocenters. The fourth-order valence-electron chi connectivity index (χ4n) is 2.90. The van der Waals surface area contributed by atoms with Crippen LogP contribution in [0.25, 0.3) is 5.69 Å². The first kappa shape index (κ1) is 15.8. The van der Waals surface area contributed by atoms with Gasteiger partial charge in [0.25, 0.3) is 5.91 Å². The van der Waals surface area contributed by atoms with E-state index in [2.05, 4.69) is 10.4 Å². The van der Waals surface area contributed by atoms with Crippen LogP contribution in [0.1, 0.15) is 27.2 Å². The maximum absolute atomic E-state index is 12.6. The Hall–Kier alpha value is -2.73. The van der Waals surface area contributed by atoms with Crippen LogP contribution >= 0.6 is 0 Å². The van der Waals surface area contributed by atoms with Gasteiger partial charge in [0.1, 0.15) is 5.82 Å². The molecule has 1 atom stereocenters. The molecule has 1 aliphatic heterocycles. The van der Waals surface area contributed by atoms with E-state index in [-0.39, 0.29) is 5.91 Å². The Kier molecular flexibility index (Phi) is 3.97. The molecule has 6 heteroatoms. The highest BCUT2D eigenvalue weighted by atomic mass is 32.2. The second-order valence-electron chi connectivity index (χ2n) is 6.07. The second-order valence-corrected chi connectivity index (χ2v) is 7.53. The Morgan fingerprint density at radius 1 is 1.08 bits per heavy atom. The van der Waals surface area contributed by atoms with Crippen LogP contribution in [-0.4, -0.2) is 19.9 Å². The van der Waals surface area contributed by atoms with Crippen LogP contribution in [-0.2, 0) is 22.3 Å². The third-order valence-electron chi connectivity index (χ3n) is 4.22. The molecule has 0 radical (unpaired) electrons. The number of aromatic nitrogens is 2. The molecule has 25 heavy (non-hydrogen) atoms. The first-order valence-electron chi connectivity index (χ1n) is 8.01. The van der Waals surface area contributed by atoms with Crippen molar-refractivity contribution >= 4 is 22.5 Å². The molecule has 4 rings (SSSR count). The minimum Gasteiger partial charge on any atom is -0.306 e. The Balaban J connectivity index is 1.76. The number of hydrogen-bond acceptors (Lipinski definition) is 3. The first-order valence-corrected chi connectivity index (χ1v) is 9.50. The molecule has 1 aliphatic rings. The lowest BCUT2D eigenvalue weighted by atomic mass is 10.2. The van der Waals surface area contributed by atoms with Gasteiger partial charge in [-0.1, -0.05) is 35.9 Å². The van der Waals surface area contributed by atoms with Crippen molar-refractivity contribution in [1.82, 2.24) is 9.78 Å². The molecule has 0 saturated carbocycles. The minimum absolute atomic E-state index is 0.200. The van der Waals surface area contributed by atoms with Gasteiger partial charge in [0, 0.05) is 21.9 Å². The highest BCUT2D eigenvalue weighted by molar-refractivity contribution is 7.83. The van der Waals surface area contributed by atoms with Gasteiger partial charge in [-0.05, 0) is 31.2 Å². The summed E-state index contributed by atoms with van der Waals surface area (Å²) in [4.78, 5) is 12.6. The lowest BCUT2D eigenvalue weighted by Crippen LogP contribution is -2.16. The molecule has 126 valence electrons. The van der Waals surface area contributed by atoms with Gasteiger partial charge in [-0.25, -0.2) is 4.68 Å². The molecule has 0 bridgehead atoms. The predicted molar refractivity (Wildman–Crippen MR) is 98.2 cm³/mol. The zero-order chi connectivity index (χ0) is 17.4. The van der Waals surface area contributed by atoms with Gasteiger partial charge in [-0.2, -0.15) is 5.10 Å². The molecule has 1 aromatic heterocycles. The molecule has 2 aromatic carbocycles. The van der Waals surface area contributed by atoms with Crippen LogP contribution in [0.5, 0.6) is 0 Å². The summed E-state index contributed by atoms with van der Waals surface area (Å²) < 4.78 is 13.6. The topological polar surface area (TPSA) is 64.0 Å². The molecule has 0 saturated heterocycles. The van der Waals surface area contributed by atoms with Crippen molar-refractivity contribution in [3.8, 4) is 5.69 Å². The second kappa shape index (κ2) is 6.29. The third kappa shape index (κ3) is 3.00. The van der Waals surface area contributed by atoms with Crippen molar-refractivity contribution < 1.29 is 9.00 Å². The zero-order valence-corrected chi connectivity index (χ0v) is 14.5. The van der Waals surface area contributed by atoms with E-state index in [0.717, 1.165) is 22.5 Å². The van der Waals surface area contributed by atoms with Gasteiger partial charge >= 0.3 is 0 Å². The molecule has 3 aromatic rings. The Bertz CT molecular complexity index is 962. The molecular weight excluding hydrogens is 334 g/mol. The molecule has 0 spiro atoms. The summed E-state index contributed by atoms with van der Waals surface area (Å²) >= 11 is 0. The normalized spacial score (nSPS) is 15.8. The smallest absolute Gasteiger partial charge is 0.256 e. The molecule has 0 aliphatic carbocycles. The van der Waals surface area contributed by atoms with Crippen LogP contribution in [0, 0.1) is 6.92 Å². The van der Waals surface area contributed by atoms with Crippen molar-refractivity contribution in [2.45, 2.75) is 18.4 Å². The number of anilines is 1. The highest BCUT2D eigenvalue weighted by Crippen LogP contribution is 2.31. The van der Waals surface area contributed by atoms with E-state index in [4.69, 9.17) is 0 Å². The van der Waals surface area contributed by atoms with E-state index in [1.807, 2.05) is 49.4 Å². The van der Waals surface area contributed by atoms with Crippen LogP contribution in [0.4, 0.5) is 5.82 Å². The average molecular weight is 351 g/mol. The van der Waals surface area contributed by atoms with E-state index in [1.54, 1.807) is 16.8 Å². The summed E-state index contributed by atoms with van der Waals surface area (Å²) in [7, 11) is -0.953. The summed E-state index contributed by atoms with van der Waals surface area (Å²) in [6.07, 6.45) is 0. The Morgan fingerprint density at radius 2 is 1.80 bits per heavy atom. The van der Waals surface area contributed by atoms with E-state index in [1.165, 1.54) is 0 Å². The average Bonchev–Trinajstić information content (AvgIpc) is 3.13. The number of nitrogens with one attached hydrogen (secondary N) is 1. The summed E-state index contributed by atoms with van der Waals surface area (Å²) in [5.41, 5.74) is 4.26. The fourth-order valence-corrected chi connectivity index (χ4v) is 4.16. The quantitative estimate of drug-likeness (QED) is 0.788. The lowest BCUT2D eigenvalue weighted by molar-refractivity contribution is 0.102. The van der Waals surface area contributed by atoms with Crippen molar-refractivity contribution in [2.24, 2.45) is 0 Å². The number of hydrogen-bond donors (Lipinski definition) is 1. The first-order chi connectivity index (χ1) is 12.1. The number of aryl methyl sites for hydroxylation is 1. The van der Waals surface area contributed by atoms with Crippen molar-refractivity contribution in [3.63, 3.8) is 0 Å². The van der Waals surface area contributed by atoms with Gasteiger partial charge in [0.2, 0.25) is 0 Å². The number of carbonyl (C=O) groups excluding carboxylic acids is 1. The van der Waals surface area contributed by atoms with E-state index >= 15 is 0 Å². The van der Waals surface area contributed by atoms with Crippen molar-refractivity contribution in [2.75, 3.05) is 5.32 Å². The lowest BCUT2D eigenvalue weighted by Gasteiger charge is -2.11. The van der Waals surface area contributed by atoms with Crippen LogP contribution in [0.15, 0.2) is 54.6 Å². The minimum atomic E-state index is -0.953. The summed E-state index contributed by atoms with van der Waals surface area (Å²) in [6.45, 7) is 2.02. The summed E-state index contributed by atoms with van der Waals surface area (Å²) in [5, 5.41) is 7.56. The highest BCUT2D eigenvalue weighted by Gasteiger charge is 2.28. The van der Waals surface area contributed by atoms with Crippen molar-refractivity contribution in [3.05, 3.63) is 77.0 Å². The van der Waals surface area contributed by atoms with E-state index < -0.39 is 10.8 Å². The van der Waals surface area contributed by atoms with Crippen molar-refractivity contribution in [1.29, 1.82) is 0 Å². The number of fused-ring (bicyclic) bond motifs is 1. The van der Waals surface area contributed by atoms with Gasteiger partial charge < -0.3 is 5.32 Å². The predicted octanol–water partition coefficient (Wildman–Crippen LogP) is 3.20. The largest absolute Gasteiger partial charge is 0.306 e. The molecule has 2 heterocycles. The molecular formula is C19H17N3O2S. The van der Waals surface area contributed by atoms with Gasteiger partial charge in [0.05, 0.1) is 22.9 Å².